The number of aromatic nitrogens is 3. The van der Waals surface area contributed by atoms with Crippen LogP contribution in [0.3, 0.4) is 0 Å². The van der Waals surface area contributed by atoms with E-state index in [1.165, 1.54) is 0 Å². The van der Waals surface area contributed by atoms with Crippen LogP contribution in [-0.4, -0.2) is 32.5 Å². The van der Waals surface area contributed by atoms with Crippen LogP contribution in [0.25, 0.3) is 0 Å². The van der Waals surface area contributed by atoms with E-state index in [1.54, 1.807) is 0 Å². The molecule has 0 bridgehead atoms. The number of aryl methyl sites for hydroxylation is 1. The van der Waals surface area contributed by atoms with Gasteiger partial charge in [0.05, 0.1) is 11.7 Å². The van der Waals surface area contributed by atoms with E-state index in [4.69, 9.17) is 0 Å². The second-order valence-corrected chi connectivity index (χ2v) is 6.64. The molecule has 1 unspecified atom stereocenters. The summed E-state index contributed by atoms with van der Waals surface area (Å²) < 4.78 is 2.69. The summed E-state index contributed by atoms with van der Waals surface area (Å²) >= 11 is 5.43. The van der Waals surface area contributed by atoms with Crippen molar-refractivity contribution in [2.75, 3.05) is 12.3 Å². The molecule has 1 atom stereocenters. The van der Waals surface area contributed by atoms with E-state index in [-0.39, 0.29) is 0 Å². The van der Waals surface area contributed by atoms with E-state index in [1.807, 2.05) is 23.5 Å². The fraction of sp³-hybridized carbons (Fsp3) is 0.818. The van der Waals surface area contributed by atoms with E-state index in [0.29, 0.717) is 11.3 Å². The number of hydrogen-bond acceptors (Lipinski definition) is 4. The zero-order chi connectivity index (χ0) is 12.8. The molecule has 6 heteroatoms. The summed E-state index contributed by atoms with van der Waals surface area (Å²) in [6, 6.07) is 0.303. The molecule has 0 aromatic carbocycles. The first-order chi connectivity index (χ1) is 8.06. The number of nitrogens with one attached hydrogen (secondary N) is 1. The molecule has 1 aromatic heterocycles. The fourth-order valence-corrected chi connectivity index (χ4v) is 3.01. The Bertz CT molecular complexity index is 321. The molecule has 0 aliphatic rings. The van der Waals surface area contributed by atoms with Crippen molar-refractivity contribution in [2.24, 2.45) is 7.05 Å². The standard InChI is InChI=1S/C11H21BrN4S/c1-5-6-13-9(7-17-8(2)3)10-11(12)14-15-16(10)4/h8-9,13H,5-7H2,1-4H3. The second kappa shape index (κ2) is 7.38. The molecule has 17 heavy (non-hydrogen) atoms. The molecule has 0 saturated heterocycles. The molecule has 1 rings (SSSR count). The Kier molecular flexibility index (Phi) is 6.51. The van der Waals surface area contributed by atoms with Crippen LogP contribution in [-0.2, 0) is 7.05 Å². The molecular weight excluding hydrogens is 300 g/mol. The molecule has 0 fully saturated rings. The normalized spacial score (nSPS) is 13.3. The largest absolute Gasteiger partial charge is 0.308 e. The summed E-state index contributed by atoms with van der Waals surface area (Å²) in [5.41, 5.74) is 1.13. The van der Waals surface area contributed by atoms with Crippen LogP contribution >= 0.6 is 27.7 Å². The van der Waals surface area contributed by atoms with Gasteiger partial charge in [0.2, 0.25) is 0 Å². The Morgan fingerprint density at radius 3 is 2.65 bits per heavy atom. The van der Waals surface area contributed by atoms with Crippen molar-refractivity contribution in [3.63, 3.8) is 0 Å². The summed E-state index contributed by atoms with van der Waals surface area (Å²) in [6.07, 6.45) is 1.13. The molecule has 1 aromatic rings. The van der Waals surface area contributed by atoms with Gasteiger partial charge in [-0.1, -0.05) is 26.0 Å². The van der Waals surface area contributed by atoms with Gasteiger partial charge in [0.1, 0.15) is 0 Å². The first-order valence-electron chi connectivity index (χ1n) is 5.96. The smallest absolute Gasteiger partial charge is 0.153 e. The van der Waals surface area contributed by atoms with Crippen LogP contribution in [0.2, 0.25) is 0 Å². The lowest BCUT2D eigenvalue weighted by Gasteiger charge is -2.19. The van der Waals surface area contributed by atoms with E-state index < -0.39 is 0 Å². The van der Waals surface area contributed by atoms with Crippen LogP contribution in [0.4, 0.5) is 0 Å². The number of thioether (sulfide) groups is 1. The maximum absolute atomic E-state index is 4.05. The number of nitrogens with zero attached hydrogens (tertiary/aromatic N) is 3. The lowest BCUT2D eigenvalue weighted by atomic mass is 10.2. The Morgan fingerprint density at radius 1 is 1.47 bits per heavy atom. The van der Waals surface area contributed by atoms with Gasteiger partial charge in [0, 0.05) is 12.8 Å². The van der Waals surface area contributed by atoms with Gasteiger partial charge in [-0.2, -0.15) is 11.8 Å². The molecule has 98 valence electrons. The quantitative estimate of drug-likeness (QED) is 0.839. The van der Waals surface area contributed by atoms with Gasteiger partial charge in [-0.3, -0.25) is 0 Å². The van der Waals surface area contributed by atoms with Gasteiger partial charge in [0.25, 0.3) is 0 Å². The maximum atomic E-state index is 4.05. The van der Waals surface area contributed by atoms with Gasteiger partial charge in [-0.25, -0.2) is 4.68 Å². The highest BCUT2D eigenvalue weighted by molar-refractivity contribution is 9.10. The average molecular weight is 321 g/mol. The third kappa shape index (κ3) is 4.60. The van der Waals surface area contributed by atoms with Gasteiger partial charge >= 0.3 is 0 Å². The van der Waals surface area contributed by atoms with Crippen molar-refractivity contribution in [1.29, 1.82) is 0 Å². The minimum absolute atomic E-state index is 0.303. The van der Waals surface area contributed by atoms with Crippen molar-refractivity contribution in [3.05, 3.63) is 10.3 Å². The van der Waals surface area contributed by atoms with Crippen molar-refractivity contribution >= 4 is 27.7 Å². The Morgan fingerprint density at radius 2 is 2.18 bits per heavy atom. The number of halogens is 1. The van der Waals surface area contributed by atoms with Gasteiger partial charge in [-0.05, 0) is 34.1 Å². The molecule has 0 radical (unpaired) electrons. The summed E-state index contributed by atoms with van der Waals surface area (Å²) in [4.78, 5) is 0. The number of rotatable bonds is 7. The summed E-state index contributed by atoms with van der Waals surface area (Å²) in [5.74, 6) is 1.04. The molecule has 4 nitrogen and oxygen atoms in total. The van der Waals surface area contributed by atoms with E-state index in [9.17, 15) is 0 Å². The minimum atomic E-state index is 0.303. The highest BCUT2D eigenvalue weighted by Crippen LogP contribution is 2.25. The molecule has 0 spiro atoms. The zero-order valence-electron chi connectivity index (χ0n) is 10.9. The third-order valence-electron chi connectivity index (χ3n) is 2.39. The Hall–Kier alpha value is -0.0700. The third-order valence-corrected chi connectivity index (χ3v) is 4.15. The molecular formula is C11H21BrN4S. The summed E-state index contributed by atoms with van der Waals surface area (Å²) in [5, 5.41) is 12.3. The van der Waals surface area contributed by atoms with E-state index in [2.05, 4.69) is 52.3 Å². The minimum Gasteiger partial charge on any atom is -0.308 e. The van der Waals surface area contributed by atoms with Crippen LogP contribution in [0.15, 0.2) is 4.60 Å². The van der Waals surface area contributed by atoms with Gasteiger partial charge < -0.3 is 5.32 Å². The highest BCUT2D eigenvalue weighted by Gasteiger charge is 2.19. The van der Waals surface area contributed by atoms with Crippen LogP contribution in [0, 0.1) is 0 Å². The molecule has 0 aliphatic heterocycles. The van der Waals surface area contributed by atoms with Crippen molar-refractivity contribution in [2.45, 2.75) is 38.5 Å². The fourth-order valence-electron chi connectivity index (χ4n) is 1.55. The molecule has 0 aliphatic carbocycles. The first-order valence-corrected chi connectivity index (χ1v) is 7.80. The molecule has 1 heterocycles. The molecule has 1 N–H and O–H groups in total. The van der Waals surface area contributed by atoms with Crippen molar-refractivity contribution < 1.29 is 0 Å². The van der Waals surface area contributed by atoms with Crippen LogP contribution in [0.1, 0.15) is 38.9 Å². The predicted octanol–water partition coefficient (Wildman–Crippen LogP) is 2.76. The van der Waals surface area contributed by atoms with E-state index in [0.717, 1.165) is 29.0 Å². The lowest BCUT2D eigenvalue weighted by Crippen LogP contribution is -2.27. The maximum Gasteiger partial charge on any atom is 0.153 e. The second-order valence-electron chi connectivity index (χ2n) is 4.28. The molecule has 0 saturated carbocycles. The van der Waals surface area contributed by atoms with Crippen LogP contribution < -0.4 is 5.32 Å². The van der Waals surface area contributed by atoms with E-state index >= 15 is 0 Å². The lowest BCUT2D eigenvalue weighted by molar-refractivity contribution is 0.531. The Labute approximate surface area is 116 Å². The van der Waals surface area contributed by atoms with Crippen LogP contribution in [0.5, 0.6) is 0 Å². The topological polar surface area (TPSA) is 42.7 Å². The summed E-state index contributed by atoms with van der Waals surface area (Å²) in [7, 11) is 1.94. The summed E-state index contributed by atoms with van der Waals surface area (Å²) in [6.45, 7) is 7.63. The Balaban J connectivity index is 2.74. The monoisotopic (exact) mass is 320 g/mol. The van der Waals surface area contributed by atoms with Gasteiger partial charge in [-0.15, -0.1) is 5.10 Å². The zero-order valence-corrected chi connectivity index (χ0v) is 13.3. The molecule has 0 amide bonds. The predicted molar refractivity (Wildman–Crippen MR) is 77.3 cm³/mol. The van der Waals surface area contributed by atoms with Crippen molar-refractivity contribution in [3.8, 4) is 0 Å². The number of hydrogen-bond donors (Lipinski definition) is 1. The SMILES string of the molecule is CCCNC(CSC(C)C)c1c(Br)nnn1C. The van der Waals surface area contributed by atoms with Gasteiger partial charge in [0.15, 0.2) is 4.60 Å². The van der Waals surface area contributed by atoms with Crippen molar-refractivity contribution in [1.82, 2.24) is 20.3 Å². The highest BCUT2D eigenvalue weighted by atomic mass is 79.9. The first kappa shape index (κ1) is 15.0. The average Bonchev–Trinajstić information content (AvgIpc) is 2.60.